The van der Waals surface area contributed by atoms with Gasteiger partial charge in [0.15, 0.2) is 0 Å². The molecule has 2 heteroatoms. The van der Waals surface area contributed by atoms with Crippen LogP contribution in [0.4, 0.5) is 0 Å². The molecule has 0 saturated heterocycles. The van der Waals surface area contributed by atoms with Gasteiger partial charge < -0.3 is 10.2 Å². The van der Waals surface area contributed by atoms with Crippen LogP contribution in [-0.4, -0.2) is 22.9 Å². The molecule has 0 aromatic heterocycles. The highest BCUT2D eigenvalue weighted by atomic mass is 16.3. The number of rotatable bonds is 4. The summed E-state index contributed by atoms with van der Waals surface area (Å²) in [6, 6.07) is 10.3. The zero-order chi connectivity index (χ0) is 12.1. The van der Waals surface area contributed by atoms with E-state index in [2.05, 4.69) is 12.1 Å². The number of aliphatic hydroxyl groups excluding tert-OH is 2. The second-order valence-electron chi connectivity index (χ2n) is 5.06. The molecule has 1 saturated carbocycles. The highest BCUT2D eigenvalue weighted by Crippen LogP contribution is 2.38. The molecule has 1 aliphatic rings. The summed E-state index contributed by atoms with van der Waals surface area (Å²) in [5.41, 5.74) is 1.26. The Morgan fingerprint density at radius 2 is 1.88 bits per heavy atom. The lowest BCUT2D eigenvalue weighted by molar-refractivity contribution is 0.0415. The van der Waals surface area contributed by atoms with Crippen LogP contribution in [0, 0.1) is 5.92 Å². The zero-order valence-electron chi connectivity index (χ0n) is 10.3. The van der Waals surface area contributed by atoms with Crippen LogP contribution in [-0.2, 0) is 0 Å². The van der Waals surface area contributed by atoms with Gasteiger partial charge in [-0.3, -0.25) is 0 Å². The van der Waals surface area contributed by atoms with Gasteiger partial charge in [-0.05, 0) is 37.2 Å². The van der Waals surface area contributed by atoms with Gasteiger partial charge in [0.2, 0.25) is 0 Å². The van der Waals surface area contributed by atoms with Gasteiger partial charge in [0.25, 0.3) is 0 Å². The fourth-order valence-corrected chi connectivity index (χ4v) is 3.00. The summed E-state index contributed by atoms with van der Waals surface area (Å²) in [7, 11) is 0. The molecule has 94 valence electrons. The van der Waals surface area contributed by atoms with Crippen molar-refractivity contribution in [2.45, 2.75) is 44.1 Å². The van der Waals surface area contributed by atoms with Crippen molar-refractivity contribution >= 4 is 0 Å². The average Bonchev–Trinajstić information content (AvgIpc) is 2.39. The monoisotopic (exact) mass is 234 g/mol. The molecule has 0 amide bonds. The van der Waals surface area contributed by atoms with E-state index in [1.54, 1.807) is 0 Å². The van der Waals surface area contributed by atoms with Crippen molar-refractivity contribution in [2.75, 3.05) is 6.61 Å². The molecule has 0 spiro atoms. The van der Waals surface area contributed by atoms with Crippen molar-refractivity contribution in [3.8, 4) is 0 Å². The van der Waals surface area contributed by atoms with E-state index in [0.717, 1.165) is 25.7 Å². The predicted molar refractivity (Wildman–Crippen MR) is 68.9 cm³/mol. The lowest BCUT2D eigenvalue weighted by Crippen LogP contribution is -2.32. The molecule has 0 radical (unpaired) electrons. The quantitative estimate of drug-likeness (QED) is 0.841. The Kier molecular flexibility index (Phi) is 4.57. The van der Waals surface area contributed by atoms with E-state index in [9.17, 15) is 5.11 Å². The molecule has 2 N–H and O–H groups in total. The van der Waals surface area contributed by atoms with Gasteiger partial charge >= 0.3 is 0 Å². The number of benzene rings is 1. The van der Waals surface area contributed by atoms with Crippen molar-refractivity contribution in [3.63, 3.8) is 0 Å². The molecule has 0 unspecified atom stereocenters. The molecule has 0 bridgehead atoms. The normalized spacial score (nSPS) is 29.2. The molecule has 1 fully saturated rings. The summed E-state index contributed by atoms with van der Waals surface area (Å²) >= 11 is 0. The first kappa shape index (κ1) is 12.6. The Balaban J connectivity index is 2.03. The predicted octanol–water partition coefficient (Wildman–Crippen LogP) is 2.70. The molecular formula is C15H22O2. The van der Waals surface area contributed by atoms with E-state index < -0.39 is 0 Å². The summed E-state index contributed by atoms with van der Waals surface area (Å²) < 4.78 is 0. The lowest BCUT2D eigenvalue weighted by Gasteiger charge is -2.35. The van der Waals surface area contributed by atoms with Crippen LogP contribution in [0.25, 0.3) is 0 Å². The Morgan fingerprint density at radius 3 is 2.59 bits per heavy atom. The molecule has 1 aromatic carbocycles. The smallest absolute Gasteiger partial charge is 0.0636 e. The summed E-state index contributed by atoms with van der Waals surface area (Å²) in [6.07, 6.45) is 4.89. The minimum Gasteiger partial charge on any atom is -0.396 e. The van der Waals surface area contributed by atoms with E-state index >= 15 is 0 Å². The molecule has 3 atom stereocenters. The number of hydrogen-bond donors (Lipinski definition) is 2. The van der Waals surface area contributed by atoms with Crippen molar-refractivity contribution in [1.82, 2.24) is 0 Å². The lowest BCUT2D eigenvalue weighted by atomic mass is 9.74. The number of hydrogen-bond acceptors (Lipinski definition) is 2. The van der Waals surface area contributed by atoms with Gasteiger partial charge in [-0.2, -0.15) is 0 Å². The van der Waals surface area contributed by atoms with Crippen LogP contribution < -0.4 is 0 Å². The van der Waals surface area contributed by atoms with Crippen LogP contribution >= 0.6 is 0 Å². The topological polar surface area (TPSA) is 40.5 Å². The second-order valence-corrected chi connectivity index (χ2v) is 5.06. The minimum absolute atomic E-state index is 0.235. The molecule has 1 aromatic rings. The van der Waals surface area contributed by atoms with Crippen LogP contribution in [0.3, 0.4) is 0 Å². The molecule has 0 heterocycles. The average molecular weight is 234 g/mol. The molecule has 1 aliphatic carbocycles. The zero-order valence-corrected chi connectivity index (χ0v) is 10.3. The first-order valence-electron chi connectivity index (χ1n) is 6.67. The third-order valence-corrected chi connectivity index (χ3v) is 3.95. The second kappa shape index (κ2) is 6.18. The van der Waals surface area contributed by atoms with E-state index in [1.165, 1.54) is 12.0 Å². The van der Waals surface area contributed by atoms with E-state index in [4.69, 9.17) is 5.11 Å². The SMILES string of the molecule is OCCC[C@H]1CCC[C@@H](c2ccccc2)[C@H]1O. The van der Waals surface area contributed by atoms with Crippen LogP contribution in [0.1, 0.15) is 43.6 Å². The first-order chi connectivity index (χ1) is 8.33. The van der Waals surface area contributed by atoms with Gasteiger partial charge in [0, 0.05) is 12.5 Å². The van der Waals surface area contributed by atoms with Crippen molar-refractivity contribution in [1.29, 1.82) is 0 Å². The summed E-state index contributed by atoms with van der Waals surface area (Å²) in [4.78, 5) is 0. The molecule has 17 heavy (non-hydrogen) atoms. The summed E-state index contributed by atoms with van der Waals surface area (Å²) in [5.74, 6) is 0.648. The Labute approximate surface area is 103 Å². The first-order valence-corrected chi connectivity index (χ1v) is 6.67. The number of aliphatic hydroxyl groups is 2. The van der Waals surface area contributed by atoms with Gasteiger partial charge in [0.05, 0.1) is 6.10 Å². The molecule has 2 rings (SSSR count). The summed E-state index contributed by atoms with van der Waals surface area (Å²) in [5, 5.41) is 19.3. The standard InChI is InChI=1S/C15H22O2/c16-11-5-9-13-8-4-10-14(15(13)17)12-6-2-1-3-7-12/h1-3,6-7,13-17H,4-5,8-11H2/t13-,14+,15+/m1/s1. The van der Waals surface area contributed by atoms with Crippen molar-refractivity contribution < 1.29 is 10.2 Å². The molecule has 2 nitrogen and oxygen atoms in total. The van der Waals surface area contributed by atoms with Crippen molar-refractivity contribution in [3.05, 3.63) is 35.9 Å². The third kappa shape index (κ3) is 3.08. The highest BCUT2D eigenvalue weighted by molar-refractivity contribution is 5.21. The molecule has 0 aliphatic heterocycles. The van der Waals surface area contributed by atoms with Crippen LogP contribution in [0.15, 0.2) is 30.3 Å². The van der Waals surface area contributed by atoms with Gasteiger partial charge in [-0.1, -0.05) is 36.8 Å². The Morgan fingerprint density at radius 1 is 1.12 bits per heavy atom. The Bertz CT molecular complexity index is 323. The van der Waals surface area contributed by atoms with Gasteiger partial charge in [-0.25, -0.2) is 0 Å². The minimum atomic E-state index is -0.238. The maximum atomic E-state index is 10.4. The van der Waals surface area contributed by atoms with Crippen LogP contribution in [0.5, 0.6) is 0 Å². The summed E-state index contributed by atoms with van der Waals surface area (Å²) in [6.45, 7) is 0.235. The fourth-order valence-electron chi connectivity index (χ4n) is 3.00. The van der Waals surface area contributed by atoms with Crippen molar-refractivity contribution in [2.24, 2.45) is 5.92 Å². The maximum absolute atomic E-state index is 10.4. The highest BCUT2D eigenvalue weighted by Gasteiger charge is 2.31. The van der Waals surface area contributed by atoms with Crippen LogP contribution in [0.2, 0.25) is 0 Å². The Hall–Kier alpha value is -0.860. The van der Waals surface area contributed by atoms with Gasteiger partial charge in [-0.15, -0.1) is 0 Å². The largest absolute Gasteiger partial charge is 0.396 e. The molecular weight excluding hydrogens is 212 g/mol. The third-order valence-electron chi connectivity index (χ3n) is 3.95. The fraction of sp³-hybridized carbons (Fsp3) is 0.600. The van der Waals surface area contributed by atoms with Gasteiger partial charge in [0.1, 0.15) is 0 Å². The van der Waals surface area contributed by atoms with E-state index in [1.807, 2.05) is 18.2 Å². The maximum Gasteiger partial charge on any atom is 0.0636 e. The van der Waals surface area contributed by atoms with E-state index in [-0.39, 0.29) is 18.6 Å². The van der Waals surface area contributed by atoms with E-state index in [0.29, 0.717) is 5.92 Å².